The fraction of sp³-hybridized carbons (Fsp3) is 0.542. The maximum Gasteiger partial charge on any atom is 0.411 e. The number of carbonyl (C=O) groups is 2. The van der Waals surface area contributed by atoms with Gasteiger partial charge in [-0.05, 0) is 39.7 Å². The Morgan fingerprint density at radius 3 is 2.62 bits per heavy atom. The molecule has 1 amide bonds. The van der Waals surface area contributed by atoms with E-state index in [1.54, 1.807) is 39.8 Å². The molecule has 2 aliphatic heterocycles. The summed E-state index contributed by atoms with van der Waals surface area (Å²) in [6.45, 7) is 7.20. The molecule has 1 spiro atoms. The van der Waals surface area contributed by atoms with E-state index in [0.29, 0.717) is 46.0 Å². The van der Waals surface area contributed by atoms with Crippen LogP contribution < -0.4 is 14.2 Å². The molecule has 2 atom stereocenters. The number of hydrogen-bond acceptors (Lipinski definition) is 7. The maximum atomic E-state index is 12.9. The molecular formula is C24H30ClN2O7+. The van der Waals surface area contributed by atoms with Crippen LogP contribution in [0.2, 0.25) is 5.02 Å². The Morgan fingerprint density at radius 2 is 2.00 bits per heavy atom. The minimum Gasteiger partial charge on any atom is -0.495 e. The van der Waals surface area contributed by atoms with Gasteiger partial charge in [-0.15, -0.1) is 0 Å². The first-order valence-electron chi connectivity index (χ1n) is 11.1. The first-order valence-corrected chi connectivity index (χ1v) is 11.5. The maximum absolute atomic E-state index is 12.9. The molecule has 34 heavy (non-hydrogen) atoms. The quantitative estimate of drug-likeness (QED) is 0.388. The average molecular weight is 494 g/mol. The Kier molecular flexibility index (Phi) is 5.96. The Bertz CT molecular complexity index is 1180. The molecule has 184 valence electrons. The van der Waals surface area contributed by atoms with E-state index in [1.165, 1.54) is 19.1 Å². The molecule has 2 aromatic rings. The highest BCUT2D eigenvalue weighted by Gasteiger charge is 2.54. The van der Waals surface area contributed by atoms with Gasteiger partial charge in [-0.2, -0.15) is 0 Å². The third-order valence-electron chi connectivity index (χ3n) is 6.41. The summed E-state index contributed by atoms with van der Waals surface area (Å²) in [6, 6.07) is 2.60. The SMILES string of the molecule is COC(=O)[C@@H]1CC2(CCc3c(c(C)[n+](O)c4ccc(OC)c(Cl)c34)O2)CN1C(=O)OC(C)(C)C. The third-order valence-corrected chi connectivity index (χ3v) is 6.78. The van der Waals surface area contributed by atoms with Gasteiger partial charge < -0.3 is 18.9 Å². The molecule has 4 rings (SSSR count). The van der Waals surface area contributed by atoms with Crippen LogP contribution >= 0.6 is 11.6 Å². The van der Waals surface area contributed by atoms with Crippen LogP contribution in [0.4, 0.5) is 4.79 Å². The summed E-state index contributed by atoms with van der Waals surface area (Å²) in [5.41, 5.74) is 0.308. The third kappa shape index (κ3) is 3.96. The van der Waals surface area contributed by atoms with E-state index in [1.807, 2.05) is 0 Å². The van der Waals surface area contributed by atoms with Gasteiger partial charge in [0, 0.05) is 29.7 Å². The Balaban J connectivity index is 1.77. The number of benzene rings is 1. The number of halogens is 1. The second kappa shape index (κ2) is 8.37. The molecule has 1 fully saturated rings. The van der Waals surface area contributed by atoms with Gasteiger partial charge in [0.25, 0.3) is 11.2 Å². The Hall–Kier alpha value is -2.94. The topological polar surface area (TPSA) is 98.4 Å². The van der Waals surface area contributed by atoms with Gasteiger partial charge >= 0.3 is 12.1 Å². The molecule has 0 aliphatic carbocycles. The van der Waals surface area contributed by atoms with Crippen molar-refractivity contribution in [3.63, 3.8) is 0 Å². The number of aryl methyl sites for hydroxylation is 1. The number of rotatable bonds is 2. The highest BCUT2D eigenvalue weighted by atomic mass is 35.5. The van der Waals surface area contributed by atoms with Crippen LogP contribution in [0, 0.1) is 6.92 Å². The zero-order chi connectivity index (χ0) is 25.0. The Morgan fingerprint density at radius 1 is 1.29 bits per heavy atom. The number of aromatic nitrogens is 1. The van der Waals surface area contributed by atoms with Crippen molar-refractivity contribution in [3.05, 3.63) is 28.4 Å². The van der Waals surface area contributed by atoms with Gasteiger partial charge in [0.2, 0.25) is 0 Å². The highest BCUT2D eigenvalue weighted by molar-refractivity contribution is 6.37. The fourth-order valence-electron chi connectivity index (χ4n) is 4.83. The molecule has 1 aromatic heterocycles. The molecule has 10 heteroatoms. The summed E-state index contributed by atoms with van der Waals surface area (Å²) >= 11 is 6.63. The second-order valence-electron chi connectivity index (χ2n) is 9.82. The number of amides is 1. The van der Waals surface area contributed by atoms with Gasteiger partial charge in [-0.1, -0.05) is 11.6 Å². The van der Waals surface area contributed by atoms with Crippen molar-refractivity contribution < 1.29 is 38.5 Å². The molecule has 0 saturated carbocycles. The number of carbonyl (C=O) groups excluding carboxylic acids is 2. The van der Waals surface area contributed by atoms with E-state index in [4.69, 9.17) is 30.5 Å². The van der Waals surface area contributed by atoms with Crippen LogP contribution in [0.15, 0.2) is 12.1 Å². The molecule has 1 aromatic carbocycles. The summed E-state index contributed by atoms with van der Waals surface area (Å²) in [5.74, 6) is 0.437. The molecule has 3 heterocycles. The van der Waals surface area contributed by atoms with Crippen LogP contribution in [0.5, 0.6) is 11.5 Å². The van der Waals surface area contributed by atoms with Crippen LogP contribution in [-0.4, -0.2) is 60.2 Å². The summed E-state index contributed by atoms with van der Waals surface area (Å²) in [7, 11) is 2.82. The molecule has 1 N–H and O–H groups in total. The summed E-state index contributed by atoms with van der Waals surface area (Å²) < 4.78 is 23.4. The number of nitrogens with zero attached hydrogens (tertiary/aromatic N) is 2. The lowest BCUT2D eigenvalue weighted by Crippen LogP contribution is -2.47. The van der Waals surface area contributed by atoms with Gasteiger partial charge in [-0.25, -0.2) is 9.59 Å². The first-order chi connectivity index (χ1) is 15.9. The van der Waals surface area contributed by atoms with Crippen LogP contribution in [0.1, 0.15) is 44.9 Å². The Labute approximate surface area is 203 Å². The van der Waals surface area contributed by atoms with Crippen molar-refractivity contribution in [1.29, 1.82) is 0 Å². The second-order valence-corrected chi connectivity index (χ2v) is 10.2. The van der Waals surface area contributed by atoms with Gasteiger partial charge in [-0.3, -0.25) is 10.1 Å². The zero-order valence-corrected chi connectivity index (χ0v) is 21.0. The monoisotopic (exact) mass is 493 g/mol. The van der Waals surface area contributed by atoms with Crippen molar-refractivity contribution in [2.24, 2.45) is 0 Å². The van der Waals surface area contributed by atoms with Crippen LogP contribution in [0.25, 0.3) is 10.9 Å². The molecule has 2 aliphatic rings. The predicted octanol–water partition coefficient (Wildman–Crippen LogP) is 3.58. The van der Waals surface area contributed by atoms with Crippen molar-refractivity contribution in [2.75, 3.05) is 20.8 Å². The molecule has 9 nitrogen and oxygen atoms in total. The number of pyridine rings is 1. The number of fused-ring (bicyclic) bond motifs is 3. The molecular weight excluding hydrogens is 464 g/mol. The first kappa shape index (κ1) is 24.2. The standard InChI is InChI=1S/C24H30ClN2O7/c1-13-20-14(18-15(27(13)30)7-8-17(31-5)19(18)25)9-10-24(33-20)11-16(21(28)32-6)26(12-24)22(29)34-23(2,3)4/h7-8,16,30H,9-12H2,1-6H3/q+1/t16-,24?/m0/s1. The summed E-state index contributed by atoms with van der Waals surface area (Å²) in [6.07, 6.45) is 0.739. The minimum absolute atomic E-state index is 0.149. The lowest BCUT2D eigenvalue weighted by molar-refractivity contribution is -0.888. The van der Waals surface area contributed by atoms with E-state index in [2.05, 4.69) is 0 Å². The molecule has 0 bridgehead atoms. The van der Waals surface area contributed by atoms with Crippen LogP contribution in [-0.2, 0) is 20.7 Å². The van der Waals surface area contributed by atoms with Crippen molar-refractivity contribution in [1.82, 2.24) is 4.90 Å². The lowest BCUT2D eigenvalue weighted by atomic mass is 9.87. The van der Waals surface area contributed by atoms with Gasteiger partial charge in [0.1, 0.15) is 23.0 Å². The number of ether oxygens (including phenoxy) is 4. The summed E-state index contributed by atoms with van der Waals surface area (Å²) in [4.78, 5) is 26.9. The van der Waals surface area contributed by atoms with Crippen molar-refractivity contribution >= 4 is 34.6 Å². The van der Waals surface area contributed by atoms with E-state index < -0.39 is 29.3 Å². The highest BCUT2D eigenvalue weighted by Crippen LogP contribution is 2.46. The largest absolute Gasteiger partial charge is 0.495 e. The number of methoxy groups -OCH3 is 2. The predicted molar refractivity (Wildman–Crippen MR) is 123 cm³/mol. The van der Waals surface area contributed by atoms with Gasteiger partial charge in [0.05, 0.1) is 31.2 Å². The van der Waals surface area contributed by atoms with Crippen molar-refractivity contribution in [2.45, 2.75) is 64.2 Å². The zero-order valence-electron chi connectivity index (χ0n) is 20.2. The molecule has 0 radical (unpaired) electrons. The van der Waals surface area contributed by atoms with Gasteiger partial charge in [0.15, 0.2) is 5.75 Å². The number of esters is 1. The smallest absolute Gasteiger partial charge is 0.411 e. The summed E-state index contributed by atoms with van der Waals surface area (Å²) in [5, 5.41) is 11.9. The lowest BCUT2D eigenvalue weighted by Gasteiger charge is -2.35. The molecule has 1 saturated heterocycles. The van der Waals surface area contributed by atoms with E-state index in [9.17, 15) is 14.8 Å². The molecule has 1 unspecified atom stereocenters. The normalized spacial score (nSPS) is 21.9. The van der Waals surface area contributed by atoms with E-state index in [0.717, 1.165) is 10.3 Å². The minimum atomic E-state index is -0.848. The number of likely N-dealkylation sites (tertiary alicyclic amines) is 1. The number of hydrogen-bond donors (Lipinski definition) is 1. The van der Waals surface area contributed by atoms with Crippen molar-refractivity contribution in [3.8, 4) is 11.5 Å². The van der Waals surface area contributed by atoms with E-state index >= 15 is 0 Å². The average Bonchev–Trinajstić information content (AvgIpc) is 3.15. The van der Waals surface area contributed by atoms with E-state index in [-0.39, 0.29) is 13.0 Å². The fourth-order valence-corrected chi connectivity index (χ4v) is 5.18. The van der Waals surface area contributed by atoms with Crippen LogP contribution in [0.3, 0.4) is 0 Å².